The molecule has 7 rings (SSSR count). The van der Waals surface area contributed by atoms with Crippen molar-refractivity contribution in [3.8, 4) is 34.1 Å². The summed E-state index contributed by atoms with van der Waals surface area (Å²) < 4.78 is 29.7. The molecule has 0 spiro atoms. The SMILES string of the molecule is COc1ccc2c(c1OC)[C@@H](CC1=C[C@@H]3[C@H](C(C)C)CC[C@](C)(OC)[C@H]3CC1)N(C)c1c-2ccc2cc3c(cc12)OCO3. The van der Waals surface area contributed by atoms with Crippen LogP contribution in [0.15, 0.2) is 48.0 Å². The van der Waals surface area contributed by atoms with Gasteiger partial charge in [0, 0.05) is 30.7 Å². The standard InChI is InChI=1S/C37H45NO5/c1-21(2)24-14-15-37(3,41-7)29-12-8-22(16-28(24)29)17-30-34-25(11-13-31(39-5)36(34)40-6)26-10-9-23-18-32-33(43-20-42-32)19-27(23)35(26)38(30)4/h9-11,13,16,18-19,21,24,28-30H,8,12,14-15,17,20H2,1-7H3/t24-,28+,29-,30+,37-/m0/s1. The van der Waals surface area contributed by atoms with E-state index in [1.807, 2.05) is 13.2 Å². The summed E-state index contributed by atoms with van der Waals surface area (Å²) in [5.41, 5.74) is 6.31. The minimum atomic E-state index is -0.0488. The average Bonchev–Trinajstić information content (AvgIpc) is 3.48. The second-order valence-electron chi connectivity index (χ2n) is 13.5. The zero-order chi connectivity index (χ0) is 30.0. The lowest BCUT2D eigenvalue weighted by molar-refractivity contribution is -0.108. The number of anilines is 1. The van der Waals surface area contributed by atoms with Crippen molar-refractivity contribution < 1.29 is 23.7 Å². The Morgan fingerprint density at radius 1 is 0.977 bits per heavy atom. The van der Waals surface area contributed by atoms with Gasteiger partial charge in [-0.2, -0.15) is 0 Å². The first-order valence-electron chi connectivity index (χ1n) is 15.9. The maximum absolute atomic E-state index is 6.21. The van der Waals surface area contributed by atoms with Crippen LogP contribution in [0.2, 0.25) is 0 Å². The Morgan fingerprint density at radius 2 is 1.74 bits per heavy atom. The molecule has 2 heterocycles. The Kier molecular flexibility index (Phi) is 7.04. The quantitative estimate of drug-likeness (QED) is 0.271. The lowest BCUT2D eigenvalue weighted by atomic mass is 9.58. The zero-order valence-corrected chi connectivity index (χ0v) is 26.7. The summed E-state index contributed by atoms with van der Waals surface area (Å²) in [5.74, 6) is 5.65. The molecule has 0 unspecified atom stereocenters. The molecule has 1 fully saturated rings. The van der Waals surface area contributed by atoms with Gasteiger partial charge in [0.1, 0.15) is 0 Å². The van der Waals surface area contributed by atoms with Crippen LogP contribution >= 0.6 is 0 Å². The molecule has 1 saturated carbocycles. The molecule has 228 valence electrons. The van der Waals surface area contributed by atoms with Crippen LogP contribution in [-0.4, -0.2) is 40.8 Å². The molecule has 0 saturated heterocycles. The fourth-order valence-electron chi connectivity index (χ4n) is 8.82. The molecule has 43 heavy (non-hydrogen) atoms. The van der Waals surface area contributed by atoms with E-state index >= 15 is 0 Å². The van der Waals surface area contributed by atoms with Crippen LogP contribution in [0.4, 0.5) is 5.69 Å². The van der Waals surface area contributed by atoms with E-state index in [0.29, 0.717) is 23.7 Å². The van der Waals surface area contributed by atoms with Crippen molar-refractivity contribution in [3.05, 3.63) is 53.6 Å². The van der Waals surface area contributed by atoms with E-state index < -0.39 is 0 Å². The molecule has 2 aliphatic heterocycles. The molecule has 6 heteroatoms. The fourth-order valence-corrected chi connectivity index (χ4v) is 8.82. The Balaban J connectivity index is 1.36. The zero-order valence-electron chi connectivity index (χ0n) is 26.7. The molecule has 0 N–H and O–H groups in total. The molecule has 5 atom stereocenters. The molecule has 4 aliphatic rings. The lowest BCUT2D eigenvalue weighted by Crippen LogP contribution is -2.49. The number of fused-ring (bicyclic) bond motifs is 7. The van der Waals surface area contributed by atoms with E-state index in [0.717, 1.165) is 47.6 Å². The summed E-state index contributed by atoms with van der Waals surface area (Å²) in [6, 6.07) is 13.0. The molecular formula is C37H45NO5. The Bertz CT molecular complexity index is 1590. The molecule has 0 radical (unpaired) electrons. The van der Waals surface area contributed by atoms with Crippen molar-refractivity contribution in [2.75, 3.05) is 40.1 Å². The number of methoxy groups -OCH3 is 3. The van der Waals surface area contributed by atoms with Gasteiger partial charge in [0.25, 0.3) is 0 Å². The van der Waals surface area contributed by atoms with Crippen molar-refractivity contribution in [1.29, 1.82) is 0 Å². The molecular weight excluding hydrogens is 538 g/mol. The number of benzene rings is 3. The highest BCUT2D eigenvalue weighted by Crippen LogP contribution is 2.57. The van der Waals surface area contributed by atoms with E-state index in [2.05, 4.69) is 69.1 Å². The number of rotatable bonds is 6. The number of hydrogen-bond donors (Lipinski definition) is 0. The third-order valence-electron chi connectivity index (χ3n) is 11.2. The molecule has 6 nitrogen and oxygen atoms in total. The van der Waals surface area contributed by atoms with Crippen molar-refractivity contribution in [1.82, 2.24) is 0 Å². The van der Waals surface area contributed by atoms with Gasteiger partial charge in [0.05, 0.1) is 31.5 Å². The second-order valence-corrected chi connectivity index (χ2v) is 13.5. The number of nitrogens with zero attached hydrogens (tertiary/aromatic N) is 1. The van der Waals surface area contributed by atoms with Crippen molar-refractivity contribution in [2.24, 2.45) is 23.7 Å². The monoisotopic (exact) mass is 583 g/mol. The molecule has 0 bridgehead atoms. The van der Waals surface area contributed by atoms with Gasteiger partial charge in [-0.3, -0.25) is 0 Å². The summed E-state index contributed by atoms with van der Waals surface area (Å²) >= 11 is 0. The highest BCUT2D eigenvalue weighted by Gasteiger charge is 2.48. The summed E-state index contributed by atoms with van der Waals surface area (Å²) in [4.78, 5) is 2.47. The molecule has 0 amide bonds. The molecule has 3 aromatic carbocycles. The number of ether oxygens (including phenoxy) is 5. The van der Waals surface area contributed by atoms with Crippen LogP contribution in [0.25, 0.3) is 21.9 Å². The lowest BCUT2D eigenvalue weighted by Gasteiger charge is -2.51. The number of allylic oxidation sites excluding steroid dienone is 1. The van der Waals surface area contributed by atoms with Gasteiger partial charge < -0.3 is 28.6 Å². The third-order valence-corrected chi connectivity index (χ3v) is 11.2. The van der Waals surface area contributed by atoms with E-state index in [9.17, 15) is 0 Å². The molecule has 2 aliphatic carbocycles. The largest absolute Gasteiger partial charge is 0.493 e. The topological polar surface area (TPSA) is 49.4 Å². The van der Waals surface area contributed by atoms with Crippen LogP contribution in [0.5, 0.6) is 23.0 Å². The van der Waals surface area contributed by atoms with Gasteiger partial charge >= 0.3 is 0 Å². The highest BCUT2D eigenvalue weighted by molar-refractivity contribution is 6.05. The first-order chi connectivity index (χ1) is 20.8. The number of hydrogen-bond acceptors (Lipinski definition) is 6. The van der Waals surface area contributed by atoms with Gasteiger partial charge in [0.2, 0.25) is 6.79 Å². The van der Waals surface area contributed by atoms with Gasteiger partial charge in [-0.1, -0.05) is 37.6 Å². The van der Waals surface area contributed by atoms with E-state index in [1.165, 1.54) is 40.6 Å². The van der Waals surface area contributed by atoms with Crippen LogP contribution in [-0.2, 0) is 4.74 Å². The maximum atomic E-state index is 6.21. The Labute approximate surface area is 255 Å². The first-order valence-corrected chi connectivity index (χ1v) is 15.9. The van der Waals surface area contributed by atoms with E-state index in [4.69, 9.17) is 23.7 Å². The normalized spacial score (nSPS) is 27.4. The summed E-state index contributed by atoms with van der Waals surface area (Å²) in [6.07, 6.45) is 8.23. The van der Waals surface area contributed by atoms with E-state index in [-0.39, 0.29) is 18.4 Å². The Hall–Kier alpha value is -3.38. The average molecular weight is 584 g/mol. The van der Waals surface area contributed by atoms with Gasteiger partial charge in [-0.05, 0) is 97.9 Å². The van der Waals surface area contributed by atoms with Crippen molar-refractivity contribution in [3.63, 3.8) is 0 Å². The smallest absolute Gasteiger partial charge is 0.231 e. The Morgan fingerprint density at radius 3 is 2.47 bits per heavy atom. The summed E-state index contributed by atoms with van der Waals surface area (Å²) in [6.45, 7) is 7.40. The van der Waals surface area contributed by atoms with Crippen LogP contribution in [0.3, 0.4) is 0 Å². The fraction of sp³-hybridized carbons (Fsp3) is 0.514. The predicted octanol–water partition coefficient (Wildman–Crippen LogP) is 8.56. The van der Waals surface area contributed by atoms with Gasteiger partial charge in [0.15, 0.2) is 23.0 Å². The van der Waals surface area contributed by atoms with Crippen molar-refractivity contribution in [2.45, 2.75) is 64.5 Å². The van der Waals surface area contributed by atoms with E-state index in [1.54, 1.807) is 19.8 Å². The van der Waals surface area contributed by atoms with Gasteiger partial charge in [-0.15, -0.1) is 0 Å². The van der Waals surface area contributed by atoms with Crippen LogP contribution in [0, 0.1) is 23.7 Å². The minimum Gasteiger partial charge on any atom is -0.493 e. The minimum absolute atomic E-state index is 0.0488. The maximum Gasteiger partial charge on any atom is 0.231 e. The predicted molar refractivity (Wildman–Crippen MR) is 172 cm³/mol. The first kappa shape index (κ1) is 28.4. The third kappa shape index (κ3) is 4.39. The highest BCUT2D eigenvalue weighted by atomic mass is 16.7. The second kappa shape index (κ2) is 10.7. The molecule has 0 aromatic heterocycles. The van der Waals surface area contributed by atoms with Crippen LogP contribution in [0.1, 0.15) is 64.5 Å². The summed E-state index contributed by atoms with van der Waals surface area (Å²) in [5, 5.41) is 2.33. The van der Waals surface area contributed by atoms with Crippen molar-refractivity contribution >= 4 is 16.5 Å². The molecule has 3 aromatic rings. The summed E-state index contributed by atoms with van der Waals surface area (Å²) in [7, 11) is 7.63. The van der Waals surface area contributed by atoms with Gasteiger partial charge in [-0.25, -0.2) is 0 Å². The van der Waals surface area contributed by atoms with Crippen LogP contribution < -0.4 is 23.8 Å².